The van der Waals surface area contributed by atoms with Crippen molar-refractivity contribution in [2.45, 2.75) is 51.5 Å². The molecule has 1 unspecified atom stereocenters. The summed E-state index contributed by atoms with van der Waals surface area (Å²) in [5.74, 6) is 3.87. The smallest absolute Gasteiger partial charge is 0.136 e. The van der Waals surface area contributed by atoms with Gasteiger partial charge < -0.3 is 15.5 Å². The average molecular weight is 286 g/mol. The minimum Gasteiger partial charge on any atom is -0.469 e. The van der Waals surface area contributed by atoms with Gasteiger partial charge in [-0.2, -0.15) is 0 Å². The minimum absolute atomic E-state index is 0.301. The molecule has 0 radical (unpaired) electrons. The molecule has 0 spiro atoms. The maximum atomic E-state index is 6.01. The highest BCUT2D eigenvalue weighted by Crippen LogP contribution is 2.39. The lowest BCUT2D eigenvalue weighted by Gasteiger charge is -2.17. The molecule has 1 aliphatic rings. The molecule has 1 fully saturated rings. The van der Waals surface area contributed by atoms with Crippen molar-refractivity contribution in [2.24, 2.45) is 0 Å². The molecule has 0 amide bonds. The van der Waals surface area contributed by atoms with Crippen LogP contribution in [0.15, 0.2) is 22.8 Å². The second-order valence-corrected chi connectivity index (χ2v) is 5.88. The van der Waals surface area contributed by atoms with Crippen LogP contribution in [0.5, 0.6) is 0 Å². The number of hydrogen-bond acceptors (Lipinski definition) is 5. The molecule has 1 atom stereocenters. The Kier molecular flexibility index (Phi) is 3.82. The molecule has 5 heteroatoms. The SMILES string of the molecule is Cc1c(N)nc(C2CC2)nc1NC(C)CCc1ccco1. The quantitative estimate of drug-likeness (QED) is 0.852. The maximum absolute atomic E-state index is 6.01. The van der Waals surface area contributed by atoms with Gasteiger partial charge in [0.25, 0.3) is 0 Å². The highest BCUT2D eigenvalue weighted by molar-refractivity contribution is 5.55. The molecule has 2 aromatic rings. The summed E-state index contributed by atoms with van der Waals surface area (Å²) >= 11 is 0. The molecule has 5 nitrogen and oxygen atoms in total. The van der Waals surface area contributed by atoms with Gasteiger partial charge in [0.1, 0.15) is 23.2 Å². The van der Waals surface area contributed by atoms with Gasteiger partial charge in [-0.3, -0.25) is 0 Å². The standard InChI is InChI=1S/C16H22N4O/c1-10(5-8-13-4-3-9-21-13)18-15-11(2)14(17)19-16(20-15)12-6-7-12/h3-4,9-10,12H,5-8H2,1-2H3,(H3,17,18,19,20). The largest absolute Gasteiger partial charge is 0.469 e. The Labute approximate surface area is 125 Å². The summed E-state index contributed by atoms with van der Waals surface area (Å²) in [7, 11) is 0. The molecule has 1 saturated carbocycles. The Morgan fingerprint density at radius 3 is 2.90 bits per heavy atom. The highest BCUT2D eigenvalue weighted by Gasteiger charge is 2.28. The van der Waals surface area contributed by atoms with E-state index in [9.17, 15) is 0 Å². The van der Waals surface area contributed by atoms with Crippen LogP contribution in [0.2, 0.25) is 0 Å². The molecule has 112 valence electrons. The van der Waals surface area contributed by atoms with Gasteiger partial charge in [0, 0.05) is 23.9 Å². The van der Waals surface area contributed by atoms with Gasteiger partial charge in [0.05, 0.1) is 6.26 Å². The van der Waals surface area contributed by atoms with Gasteiger partial charge in [0.15, 0.2) is 0 Å². The lowest BCUT2D eigenvalue weighted by Crippen LogP contribution is -2.19. The van der Waals surface area contributed by atoms with Crippen molar-refractivity contribution in [3.05, 3.63) is 35.5 Å². The molecule has 0 saturated heterocycles. The number of furan rings is 1. The van der Waals surface area contributed by atoms with Gasteiger partial charge in [-0.25, -0.2) is 9.97 Å². The van der Waals surface area contributed by atoms with Crippen molar-refractivity contribution in [3.8, 4) is 0 Å². The van der Waals surface area contributed by atoms with E-state index in [0.29, 0.717) is 17.8 Å². The second kappa shape index (κ2) is 5.76. The zero-order valence-corrected chi connectivity index (χ0v) is 12.6. The predicted molar refractivity (Wildman–Crippen MR) is 83.3 cm³/mol. The minimum atomic E-state index is 0.301. The van der Waals surface area contributed by atoms with Crippen molar-refractivity contribution in [3.63, 3.8) is 0 Å². The third-order valence-corrected chi connectivity index (χ3v) is 3.93. The summed E-state index contributed by atoms with van der Waals surface area (Å²) in [6.45, 7) is 4.12. The Bertz CT molecular complexity index is 605. The normalized spacial score (nSPS) is 15.9. The monoisotopic (exact) mass is 286 g/mol. The van der Waals surface area contributed by atoms with Crippen LogP contribution in [0.1, 0.15) is 49.3 Å². The van der Waals surface area contributed by atoms with Crippen molar-refractivity contribution in [2.75, 3.05) is 11.1 Å². The van der Waals surface area contributed by atoms with E-state index in [2.05, 4.69) is 22.2 Å². The van der Waals surface area contributed by atoms with Crippen LogP contribution in [0.25, 0.3) is 0 Å². The van der Waals surface area contributed by atoms with E-state index in [4.69, 9.17) is 10.2 Å². The molecule has 21 heavy (non-hydrogen) atoms. The lowest BCUT2D eigenvalue weighted by atomic mass is 10.1. The third-order valence-electron chi connectivity index (χ3n) is 3.93. The fourth-order valence-corrected chi connectivity index (χ4v) is 2.34. The number of rotatable bonds is 6. The van der Waals surface area contributed by atoms with Crippen LogP contribution in [0.4, 0.5) is 11.6 Å². The molecular formula is C16H22N4O. The number of anilines is 2. The van der Waals surface area contributed by atoms with Gasteiger partial charge in [0.2, 0.25) is 0 Å². The van der Waals surface area contributed by atoms with Crippen LogP contribution >= 0.6 is 0 Å². The molecule has 1 aliphatic carbocycles. The predicted octanol–water partition coefficient (Wildman–Crippen LogP) is 3.27. The molecule has 2 heterocycles. The number of hydrogen-bond donors (Lipinski definition) is 2. The van der Waals surface area contributed by atoms with Crippen LogP contribution in [-0.4, -0.2) is 16.0 Å². The van der Waals surface area contributed by atoms with E-state index in [1.807, 2.05) is 19.1 Å². The van der Waals surface area contributed by atoms with E-state index < -0.39 is 0 Å². The van der Waals surface area contributed by atoms with Gasteiger partial charge in [-0.1, -0.05) is 0 Å². The fourth-order valence-electron chi connectivity index (χ4n) is 2.34. The maximum Gasteiger partial charge on any atom is 0.136 e. The molecular weight excluding hydrogens is 264 g/mol. The summed E-state index contributed by atoms with van der Waals surface area (Å²) in [6, 6.07) is 4.23. The van der Waals surface area contributed by atoms with Gasteiger partial charge in [-0.05, 0) is 45.2 Å². The Morgan fingerprint density at radius 2 is 2.24 bits per heavy atom. The third kappa shape index (κ3) is 3.35. The highest BCUT2D eigenvalue weighted by atomic mass is 16.3. The molecule has 0 aliphatic heterocycles. The number of nitrogens with zero attached hydrogens (tertiary/aromatic N) is 2. The van der Waals surface area contributed by atoms with Crippen molar-refractivity contribution >= 4 is 11.6 Å². The molecule has 3 N–H and O–H groups in total. The molecule has 0 aromatic carbocycles. The van der Waals surface area contributed by atoms with E-state index >= 15 is 0 Å². The fraction of sp³-hybridized carbons (Fsp3) is 0.500. The first-order valence-corrected chi connectivity index (χ1v) is 7.56. The topological polar surface area (TPSA) is 77.0 Å². The summed E-state index contributed by atoms with van der Waals surface area (Å²) in [5, 5.41) is 3.46. The zero-order chi connectivity index (χ0) is 14.8. The average Bonchev–Trinajstić information content (AvgIpc) is 3.18. The van der Waals surface area contributed by atoms with Crippen LogP contribution in [0.3, 0.4) is 0 Å². The van der Waals surface area contributed by atoms with E-state index in [-0.39, 0.29) is 0 Å². The van der Waals surface area contributed by atoms with Crippen molar-refractivity contribution < 1.29 is 4.42 Å². The van der Waals surface area contributed by atoms with Crippen LogP contribution in [-0.2, 0) is 6.42 Å². The summed E-state index contributed by atoms with van der Waals surface area (Å²) < 4.78 is 5.36. The van der Waals surface area contributed by atoms with E-state index in [0.717, 1.165) is 35.8 Å². The van der Waals surface area contributed by atoms with Crippen LogP contribution in [0, 0.1) is 6.92 Å². The number of aryl methyl sites for hydroxylation is 1. The second-order valence-electron chi connectivity index (χ2n) is 5.88. The summed E-state index contributed by atoms with van der Waals surface area (Å²) in [6.07, 6.45) is 5.96. The Balaban J connectivity index is 1.65. The van der Waals surface area contributed by atoms with Crippen molar-refractivity contribution in [1.82, 2.24) is 9.97 Å². The first-order chi connectivity index (χ1) is 10.1. The first-order valence-electron chi connectivity index (χ1n) is 7.56. The van der Waals surface area contributed by atoms with Gasteiger partial charge in [-0.15, -0.1) is 0 Å². The molecule has 0 bridgehead atoms. The van der Waals surface area contributed by atoms with Crippen molar-refractivity contribution in [1.29, 1.82) is 0 Å². The van der Waals surface area contributed by atoms with E-state index in [1.54, 1.807) is 6.26 Å². The van der Waals surface area contributed by atoms with E-state index in [1.165, 1.54) is 12.8 Å². The Hall–Kier alpha value is -2.04. The summed E-state index contributed by atoms with van der Waals surface area (Å²) in [4.78, 5) is 9.06. The molecule has 3 rings (SSSR count). The first kappa shape index (κ1) is 13.9. The number of aromatic nitrogens is 2. The zero-order valence-electron chi connectivity index (χ0n) is 12.6. The van der Waals surface area contributed by atoms with Gasteiger partial charge >= 0.3 is 0 Å². The molecule has 2 aromatic heterocycles. The van der Waals surface area contributed by atoms with Crippen LogP contribution < -0.4 is 11.1 Å². The number of nitrogens with one attached hydrogen (secondary N) is 1. The number of nitrogens with two attached hydrogens (primary N) is 1. The Morgan fingerprint density at radius 1 is 1.43 bits per heavy atom. The summed E-state index contributed by atoms with van der Waals surface area (Å²) in [5.41, 5.74) is 6.94. The number of nitrogen functional groups attached to an aromatic ring is 1. The lowest BCUT2D eigenvalue weighted by molar-refractivity contribution is 0.494.